The lowest BCUT2D eigenvalue weighted by molar-refractivity contribution is 0.630. The van der Waals surface area contributed by atoms with Crippen LogP contribution in [0.4, 0.5) is 5.69 Å². The van der Waals surface area contributed by atoms with E-state index in [4.69, 9.17) is 0 Å². The lowest BCUT2D eigenvalue weighted by Crippen LogP contribution is -2.12. The zero-order valence-corrected chi connectivity index (χ0v) is 10.3. The van der Waals surface area contributed by atoms with Gasteiger partial charge in [-0.25, -0.2) is 0 Å². The smallest absolute Gasteiger partial charge is 0.0654 e. The van der Waals surface area contributed by atoms with Gasteiger partial charge in [-0.2, -0.15) is 0 Å². The molecule has 0 atom stereocenters. The van der Waals surface area contributed by atoms with Crippen LogP contribution in [-0.2, 0) is 0 Å². The molecule has 0 aromatic heterocycles. The SMILES string of the molecule is CCCCCC[N+](Br)c1ccccc1. The zero-order valence-electron chi connectivity index (χ0n) is 8.75. The van der Waals surface area contributed by atoms with Crippen LogP contribution in [0.2, 0.25) is 0 Å². The Bertz CT molecular complexity index is 235. The van der Waals surface area contributed by atoms with Crippen LogP contribution in [0.5, 0.6) is 0 Å². The van der Waals surface area contributed by atoms with E-state index in [0.29, 0.717) is 0 Å². The first kappa shape index (κ1) is 11.7. The summed E-state index contributed by atoms with van der Waals surface area (Å²) in [6.45, 7) is 3.33. The molecule has 0 aliphatic carbocycles. The van der Waals surface area contributed by atoms with Crippen LogP contribution in [0, 0.1) is 0 Å². The largest absolute Gasteiger partial charge is 0.293 e. The van der Waals surface area contributed by atoms with Gasteiger partial charge in [-0.1, -0.05) is 41.9 Å². The van der Waals surface area contributed by atoms with Crippen LogP contribution < -0.4 is 3.93 Å². The van der Waals surface area contributed by atoms with Crippen molar-refractivity contribution in [1.82, 2.24) is 3.93 Å². The van der Waals surface area contributed by atoms with E-state index in [1.165, 1.54) is 31.4 Å². The van der Waals surface area contributed by atoms with Gasteiger partial charge >= 0.3 is 0 Å². The highest BCUT2D eigenvalue weighted by Crippen LogP contribution is 2.17. The molecule has 0 unspecified atom stereocenters. The minimum Gasteiger partial charge on any atom is -0.0654 e. The maximum atomic E-state index is 3.57. The van der Waals surface area contributed by atoms with Gasteiger partial charge in [0.2, 0.25) is 0 Å². The summed E-state index contributed by atoms with van der Waals surface area (Å²) < 4.78 is 2.14. The fourth-order valence-corrected chi connectivity index (χ4v) is 1.88. The van der Waals surface area contributed by atoms with Gasteiger partial charge in [0.1, 0.15) is 6.54 Å². The summed E-state index contributed by atoms with van der Waals surface area (Å²) in [6, 6.07) is 10.4. The van der Waals surface area contributed by atoms with Gasteiger partial charge in [0.05, 0.1) is 0 Å². The van der Waals surface area contributed by atoms with Crippen molar-refractivity contribution in [2.45, 2.75) is 32.6 Å². The normalized spacial score (nSPS) is 10.8. The Balaban J connectivity index is 2.25. The predicted molar refractivity (Wildman–Crippen MR) is 66.2 cm³/mol. The molecule has 1 rings (SSSR count). The molecule has 0 bridgehead atoms. The number of rotatable bonds is 6. The van der Waals surface area contributed by atoms with E-state index >= 15 is 0 Å². The van der Waals surface area contributed by atoms with Crippen molar-refractivity contribution in [2.24, 2.45) is 0 Å². The standard InChI is InChI=1S/C12H18BrN/c1-2-3-4-8-11-14(13)12-9-6-5-7-10-12/h5-7,9-10H,2-4,8,11H2,1H3/q+1. The molecule has 0 fully saturated rings. The van der Waals surface area contributed by atoms with Gasteiger partial charge in [-0.3, -0.25) is 0 Å². The van der Waals surface area contributed by atoms with E-state index in [0.717, 1.165) is 6.54 Å². The summed E-state index contributed by atoms with van der Waals surface area (Å²) in [6.07, 6.45) is 5.22. The van der Waals surface area contributed by atoms with Crippen molar-refractivity contribution in [3.05, 3.63) is 30.3 Å². The van der Waals surface area contributed by atoms with E-state index in [9.17, 15) is 0 Å². The van der Waals surface area contributed by atoms with Gasteiger partial charge in [0.25, 0.3) is 16.1 Å². The van der Waals surface area contributed by atoms with Crippen LogP contribution in [0.25, 0.3) is 0 Å². The summed E-state index contributed by atoms with van der Waals surface area (Å²) >= 11 is 3.57. The maximum Gasteiger partial charge on any atom is 0.293 e. The van der Waals surface area contributed by atoms with E-state index in [1.807, 2.05) is 6.07 Å². The molecule has 1 nitrogen and oxygen atoms in total. The molecule has 0 saturated carbocycles. The Morgan fingerprint density at radius 3 is 2.43 bits per heavy atom. The first-order chi connectivity index (χ1) is 6.84. The van der Waals surface area contributed by atoms with Crippen LogP contribution >= 0.6 is 16.1 Å². The Hall–Kier alpha value is -0.340. The quantitative estimate of drug-likeness (QED) is 0.527. The number of anilines is 1. The highest BCUT2D eigenvalue weighted by molar-refractivity contribution is 9.08. The molecule has 0 N–H and O–H groups in total. The lowest BCUT2D eigenvalue weighted by Gasteiger charge is -2.02. The molecule has 0 amide bonds. The van der Waals surface area contributed by atoms with E-state index in [1.54, 1.807) is 0 Å². The lowest BCUT2D eigenvalue weighted by atomic mass is 10.2. The van der Waals surface area contributed by atoms with Crippen LogP contribution in [0.15, 0.2) is 30.3 Å². The minimum absolute atomic E-state index is 1.09. The summed E-state index contributed by atoms with van der Waals surface area (Å²) in [5, 5.41) is 0. The molecule has 0 spiro atoms. The van der Waals surface area contributed by atoms with E-state index in [2.05, 4.69) is 51.3 Å². The summed E-state index contributed by atoms with van der Waals surface area (Å²) in [5.41, 5.74) is 1.24. The third kappa shape index (κ3) is 4.25. The fourth-order valence-electron chi connectivity index (χ4n) is 1.40. The molecule has 1 radical (unpaired) electrons. The van der Waals surface area contributed by atoms with Gasteiger partial charge in [0, 0.05) is 18.6 Å². The Morgan fingerprint density at radius 2 is 1.79 bits per heavy atom. The van der Waals surface area contributed by atoms with E-state index < -0.39 is 0 Å². The molecule has 0 saturated heterocycles. The molecular weight excluding hydrogens is 238 g/mol. The Labute approximate surface area is 95.5 Å². The number of hydrogen-bond acceptors (Lipinski definition) is 1. The first-order valence-electron chi connectivity index (χ1n) is 5.33. The van der Waals surface area contributed by atoms with Crippen molar-refractivity contribution in [3.8, 4) is 0 Å². The molecule has 1 aromatic carbocycles. The molecule has 0 aliphatic rings. The van der Waals surface area contributed by atoms with Crippen LogP contribution in [0.1, 0.15) is 32.6 Å². The van der Waals surface area contributed by atoms with Gasteiger partial charge in [-0.15, -0.1) is 0 Å². The Morgan fingerprint density at radius 1 is 1.07 bits per heavy atom. The van der Waals surface area contributed by atoms with Crippen molar-refractivity contribution < 1.29 is 0 Å². The second kappa shape index (κ2) is 7.02. The van der Waals surface area contributed by atoms with Crippen molar-refractivity contribution in [2.75, 3.05) is 6.54 Å². The third-order valence-corrected chi connectivity index (χ3v) is 3.01. The molecule has 77 valence electrons. The highest BCUT2D eigenvalue weighted by atomic mass is 79.9. The topological polar surface area (TPSA) is 5.90 Å². The number of nitrogens with zero attached hydrogens (tertiary/aromatic N) is 1. The maximum absolute atomic E-state index is 3.57. The summed E-state index contributed by atoms with van der Waals surface area (Å²) in [4.78, 5) is 0. The predicted octanol–water partition coefficient (Wildman–Crippen LogP) is 4.35. The molecule has 0 heterocycles. The van der Waals surface area contributed by atoms with Crippen molar-refractivity contribution >= 4 is 21.8 Å². The number of benzene rings is 1. The fraction of sp³-hybridized carbons (Fsp3) is 0.500. The molecular formula is C12H18BrN+. The molecule has 1 aromatic rings. The number of unbranched alkanes of at least 4 members (excludes halogenated alkanes) is 3. The van der Waals surface area contributed by atoms with Gasteiger partial charge < -0.3 is 0 Å². The van der Waals surface area contributed by atoms with Crippen molar-refractivity contribution in [1.29, 1.82) is 0 Å². The second-order valence-electron chi connectivity index (χ2n) is 3.48. The van der Waals surface area contributed by atoms with Gasteiger partial charge in [0.15, 0.2) is 5.69 Å². The molecule has 2 heteroatoms. The number of para-hydroxylation sites is 1. The summed E-state index contributed by atoms with van der Waals surface area (Å²) in [5.74, 6) is 0. The second-order valence-corrected chi connectivity index (χ2v) is 4.34. The van der Waals surface area contributed by atoms with Crippen LogP contribution in [-0.4, -0.2) is 6.54 Å². The monoisotopic (exact) mass is 255 g/mol. The first-order valence-corrected chi connectivity index (χ1v) is 6.04. The average molecular weight is 256 g/mol. The van der Waals surface area contributed by atoms with Crippen LogP contribution in [0.3, 0.4) is 0 Å². The minimum atomic E-state index is 1.09. The Kier molecular flexibility index (Phi) is 5.88. The summed E-state index contributed by atoms with van der Waals surface area (Å²) in [7, 11) is 0. The number of hydrogen-bond donors (Lipinski definition) is 0. The zero-order chi connectivity index (χ0) is 10.2. The van der Waals surface area contributed by atoms with Crippen molar-refractivity contribution in [3.63, 3.8) is 0 Å². The number of halogens is 1. The average Bonchev–Trinajstić information content (AvgIpc) is 2.25. The third-order valence-electron chi connectivity index (χ3n) is 2.24. The van der Waals surface area contributed by atoms with Gasteiger partial charge in [-0.05, 0) is 6.42 Å². The molecule has 14 heavy (non-hydrogen) atoms. The molecule has 0 aliphatic heterocycles. The highest BCUT2D eigenvalue weighted by Gasteiger charge is 2.13. The van der Waals surface area contributed by atoms with E-state index in [-0.39, 0.29) is 0 Å².